The Kier molecular flexibility index (Phi) is 4.27. The van der Waals surface area contributed by atoms with Crippen LogP contribution in [0.3, 0.4) is 0 Å². The Morgan fingerprint density at radius 2 is 2.19 bits per heavy atom. The van der Waals surface area contributed by atoms with Crippen LogP contribution in [0.1, 0.15) is 35.3 Å². The van der Waals surface area contributed by atoms with E-state index in [0.717, 1.165) is 0 Å². The first kappa shape index (κ1) is 14.6. The summed E-state index contributed by atoms with van der Waals surface area (Å²) in [7, 11) is 0. The molecule has 0 fully saturated rings. The van der Waals surface area contributed by atoms with Crippen molar-refractivity contribution < 1.29 is 9.72 Å². The van der Waals surface area contributed by atoms with E-state index in [-0.39, 0.29) is 11.6 Å². The molecule has 6 nitrogen and oxygen atoms in total. The van der Waals surface area contributed by atoms with E-state index < -0.39 is 4.92 Å². The average molecular weight is 285 g/mol. The number of hydrogen-bond acceptors (Lipinski definition) is 4. The number of aldehydes is 1. The summed E-state index contributed by atoms with van der Waals surface area (Å²) in [5.74, 6) is 0.0201. The molecule has 0 aliphatic rings. The van der Waals surface area contributed by atoms with E-state index in [4.69, 9.17) is 0 Å². The van der Waals surface area contributed by atoms with Gasteiger partial charge in [-0.3, -0.25) is 14.9 Å². The van der Waals surface area contributed by atoms with Gasteiger partial charge in [-0.1, -0.05) is 25.1 Å². The predicted molar refractivity (Wildman–Crippen MR) is 78.8 cm³/mol. The van der Waals surface area contributed by atoms with Crippen LogP contribution in [-0.2, 0) is 0 Å². The number of rotatable bonds is 6. The second-order valence-corrected chi connectivity index (χ2v) is 4.70. The lowest BCUT2D eigenvalue weighted by atomic mass is 10.0. The highest BCUT2D eigenvalue weighted by Gasteiger charge is 2.19. The summed E-state index contributed by atoms with van der Waals surface area (Å²) in [5, 5.41) is 15.4. The normalized spacial score (nSPS) is 11.9. The van der Waals surface area contributed by atoms with Gasteiger partial charge in [-0.25, -0.2) is 4.68 Å². The molecule has 0 N–H and O–H groups in total. The van der Waals surface area contributed by atoms with E-state index >= 15 is 0 Å². The van der Waals surface area contributed by atoms with Gasteiger partial charge in [0, 0.05) is 18.2 Å². The van der Waals surface area contributed by atoms with Crippen molar-refractivity contribution in [3.05, 3.63) is 64.5 Å². The van der Waals surface area contributed by atoms with Crippen LogP contribution in [-0.4, -0.2) is 21.0 Å². The Morgan fingerprint density at radius 1 is 1.48 bits per heavy atom. The molecular formula is C15H15N3O3. The molecule has 2 aromatic rings. The van der Waals surface area contributed by atoms with Gasteiger partial charge in [0.25, 0.3) is 5.69 Å². The second kappa shape index (κ2) is 6.13. The van der Waals surface area contributed by atoms with E-state index in [1.54, 1.807) is 24.3 Å². The van der Waals surface area contributed by atoms with Crippen molar-refractivity contribution in [2.45, 2.75) is 19.3 Å². The quantitative estimate of drug-likeness (QED) is 0.353. The minimum absolute atomic E-state index is 0.0201. The van der Waals surface area contributed by atoms with Crippen LogP contribution in [0.5, 0.6) is 0 Å². The molecule has 1 unspecified atom stereocenters. The Bertz CT molecular complexity index is 691. The predicted octanol–water partition coefficient (Wildman–Crippen LogP) is 3.27. The Labute approximate surface area is 121 Å². The number of para-hydroxylation sites is 2. The zero-order valence-corrected chi connectivity index (χ0v) is 11.6. The fourth-order valence-corrected chi connectivity index (χ4v) is 2.17. The van der Waals surface area contributed by atoms with Crippen molar-refractivity contribution >= 4 is 12.0 Å². The number of aromatic nitrogens is 2. The first-order chi connectivity index (χ1) is 10.1. The summed E-state index contributed by atoms with van der Waals surface area (Å²) >= 11 is 0. The van der Waals surface area contributed by atoms with Crippen LogP contribution in [0.15, 0.2) is 43.1 Å². The molecule has 6 heteroatoms. The third kappa shape index (κ3) is 2.89. The smallest absolute Gasteiger partial charge is 0.294 e. The first-order valence-electron chi connectivity index (χ1n) is 6.48. The van der Waals surface area contributed by atoms with Crippen molar-refractivity contribution in [3.8, 4) is 5.69 Å². The molecule has 21 heavy (non-hydrogen) atoms. The highest BCUT2D eigenvalue weighted by molar-refractivity contribution is 5.76. The highest BCUT2D eigenvalue weighted by Crippen LogP contribution is 2.26. The zero-order chi connectivity index (χ0) is 15.4. The molecule has 0 spiro atoms. The summed E-state index contributed by atoms with van der Waals surface area (Å²) in [6.45, 7) is 5.60. The fourth-order valence-electron chi connectivity index (χ4n) is 2.17. The van der Waals surface area contributed by atoms with Crippen LogP contribution in [0, 0.1) is 10.1 Å². The standard InChI is InChI=1S/C15H15N3O3/c1-3-6-11(2)15-12(10-19)9-17(16-15)13-7-4-5-8-14(13)18(20)21/h3-5,7-11H,1,6H2,2H3. The molecule has 0 aliphatic heterocycles. The summed E-state index contributed by atoms with van der Waals surface area (Å²) in [6, 6.07) is 6.29. The maximum absolute atomic E-state index is 11.2. The van der Waals surface area contributed by atoms with Crippen LogP contribution in [0.25, 0.3) is 5.69 Å². The number of allylic oxidation sites excluding steroid dienone is 1. The summed E-state index contributed by atoms with van der Waals surface area (Å²) in [4.78, 5) is 21.8. The molecule has 0 saturated heterocycles. The molecule has 1 aromatic heterocycles. The molecule has 0 aliphatic carbocycles. The van der Waals surface area contributed by atoms with Crippen LogP contribution >= 0.6 is 0 Å². The van der Waals surface area contributed by atoms with Gasteiger partial charge in [-0.05, 0) is 12.5 Å². The van der Waals surface area contributed by atoms with Gasteiger partial charge in [0.05, 0.1) is 16.2 Å². The Balaban J connectivity index is 2.54. The highest BCUT2D eigenvalue weighted by atomic mass is 16.6. The van der Waals surface area contributed by atoms with Crippen LogP contribution < -0.4 is 0 Å². The summed E-state index contributed by atoms with van der Waals surface area (Å²) < 4.78 is 1.39. The lowest BCUT2D eigenvalue weighted by Crippen LogP contribution is -2.02. The number of nitrogens with zero attached hydrogens (tertiary/aromatic N) is 3. The average Bonchev–Trinajstić information content (AvgIpc) is 2.91. The van der Waals surface area contributed by atoms with Crippen molar-refractivity contribution in [1.29, 1.82) is 0 Å². The first-order valence-corrected chi connectivity index (χ1v) is 6.48. The van der Waals surface area contributed by atoms with Crippen LogP contribution in [0.2, 0.25) is 0 Å². The molecule has 0 bridgehead atoms. The van der Waals surface area contributed by atoms with Crippen molar-refractivity contribution in [1.82, 2.24) is 9.78 Å². The molecule has 1 aromatic carbocycles. The van der Waals surface area contributed by atoms with Crippen molar-refractivity contribution in [3.63, 3.8) is 0 Å². The van der Waals surface area contributed by atoms with Gasteiger partial charge in [0.2, 0.25) is 0 Å². The topological polar surface area (TPSA) is 78.0 Å². The Hall–Kier alpha value is -2.76. The molecule has 1 heterocycles. The second-order valence-electron chi connectivity index (χ2n) is 4.70. The number of hydrogen-bond donors (Lipinski definition) is 0. The molecule has 0 saturated carbocycles. The maximum atomic E-state index is 11.2. The molecular weight excluding hydrogens is 270 g/mol. The largest absolute Gasteiger partial charge is 0.298 e. The maximum Gasteiger partial charge on any atom is 0.294 e. The van der Waals surface area contributed by atoms with E-state index in [0.29, 0.717) is 29.7 Å². The summed E-state index contributed by atoms with van der Waals surface area (Å²) in [6.07, 6.45) is 4.66. The lowest BCUT2D eigenvalue weighted by molar-refractivity contribution is -0.384. The minimum atomic E-state index is -0.468. The molecule has 0 amide bonds. The number of benzene rings is 1. The van der Waals surface area contributed by atoms with Gasteiger partial charge in [-0.2, -0.15) is 5.10 Å². The van der Waals surface area contributed by atoms with Gasteiger partial charge in [-0.15, -0.1) is 6.58 Å². The molecule has 108 valence electrons. The number of nitro benzene ring substituents is 1. The Morgan fingerprint density at radius 3 is 2.81 bits per heavy atom. The van der Waals surface area contributed by atoms with E-state index in [1.807, 2.05) is 6.92 Å². The monoisotopic (exact) mass is 285 g/mol. The fraction of sp³-hybridized carbons (Fsp3) is 0.200. The van der Waals surface area contributed by atoms with Crippen molar-refractivity contribution in [2.24, 2.45) is 0 Å². The minimum Gasteiger partial charge on any atom is -0.298 e. The zero-order valence-electron chi connectivity index (χ0n) is 11.6. The summed E-state index contributed by atoms with van der Waals surface area (Å²) in [5.41, 5.74) is 1.33. The lowest BCUT2D eigenvalue weighted by Gasteiger charge is -2.06. The van der Waals surface area contributed by atoms with Gasteiger partial charge in [0.15, 0.2) is 6.29 Å². The SMILES string of the molecule is C=CCC(C)c1nn(-c2ccccc2[N+](=O)[O-])cc1C=O. The van der Waals surface area contributed by atoms with E-state index in [2.05, 4.69) is 11.7 Å². The van der Waals surface area contributed by atoms with E-state index in [1.165, 1.54) is 16.9 Å². The molecule has 1 atom stereocenters. The van der Waals surface area contributed by atoms with Crippen molar-refractivity contribution in [2.75, 3.05) is 0 Å². The number of nitro groups is 1. The van der Waals surface area contributed by atoms with Gasteiger partial charge < -0.3 is 0 Å². The number of carbonyl (C=O) groups excluding carboxylic acids is 1. The third-order valence-electron chi connectivity index (χ3n) is 3.21. The van der Waals surface area contributed by atoms with Gasteiger partial charge in [0.1, 0.15) is 5.69 Å². The third-order valence-corrected chi connectivity index (χ3v) is 3.21. The molecule has 2 rings (SSSR count). The van der Waals surface area contributed by atoms with Crippen LogP contribution in [0.4, 0.5) is 5.69 Å². The van der Waals surface area contributed by atoms with Gasteiger partial charge >= 0.3 is 0 Å². The number of carbonyl (C=O) groups is 1. The van der Waals surface area contributed by atoms with E-state index in [9.17, 15) is 14.9 Å². The molecule has 0 radical (unpaired) electrons.